The maximum absolute atomic E-state index is 11.1. The molecule has 0 aromatic carbocycles. The predicted octanol–water partition coefficient (Wildman–Crippen LogP) is -1.05. The molecule has 0 spiro atoms. The second-order valence-electron chi connectivity index (χ2n) is 5.95. The van der Waals surface area contributed by atoms with Gasteiger partial charge in [-0.2, -0.15) is 0 Å². The number of primary amides is 1. The zero-order valence-corrected chi connectivity index (χ0v) is 13.5. The number of aromatic nitrogens is 2. The second-order valence-corrected chi connectivity index (χ2v) is 5.95. The van der Waals surface area contributed by atoms with E-state index < -0.39 is 12.0 Å². The number of hydrogen-bond donors (Lipinski definition) is 2. The van der Waals surface area contributed by atoms with Crippen LogP contribution in [0.15, 0.2) is 23.5 Å². The number of rotatable bonds is 4. The molecule has 2 unspecified atom stereocenters. The molecule has 3 rings (SSSR count). The topological polar surface area (TPSA) is 123 Å². The van der Waals surface area contributed by atoms with E-state index in [1.54, 1.807) is 18.5 Å². The Balaban J connectivity index is 1.47. The van der Waals surface area contributed by atoms with Crippen molar-refractivity contribution in [3.05, 3.63) is 18.5 Å². The van der Waals surface area contributed by atoms with Crippen molar-refractivity contribution < 1.29 is 9.53 Å². The number of nitrogens with zero attached hydrogens (tertiary/aromatic N) is 5. The smallest absolute Gasteiger partial charge is 0.246 e. The number of anilines is 1. The Morgan fingerprint density at radius 3 is 2.54 bits per heavy atom. The molecule has 2 aliphatic heterocycles. The minimum Gasteiger partial charge on any atom is -0.370 e. The van der Waals surface area contributed by atoms with E-state index in [0.717, 1.165) is 38.5 Å². The van der Waals surface area contributed by atoms with Crippen molar-refractivity contribution in [3.63, 3.8) is 0 Å². The normalized spacial score (nSPS) is 25.1. The number of aliphatic imine (C=N–C) groups is 1. The average Bonchev–Trinajstić information content (AvgIpc) is 3.10. The van der Waals surface area contributed by atoms with Crippen molar-refractivity contribution in [3.8, 4) is 0 Å². The van der Waals surface area contributed by atoms with E-state index in [2.05, 4.69) is 19.9 Å². The number of piperazine rings is 1. The van der Waals surface area contributed by atoms with Crippen LogP contribution in [0.4, 0.5) is 5.95 Å². The Kier molecular flexibility index (Phi) is 5.09. The van der Waals surface area contributed by atoms with Gasteiger partial charge in [-0.3, -0.25) is 9.79 Å². The number of nitrogens with two attached hydrogens (primary N) is 2. The molecule has 130 valence electrons. The minimum atomic E-state index is -0.485. The SMILES string of the molecule is NC(=O)C1CCC(CN=C(N)N2CCN(c3ncccn3)CC2)O1. The lowest BCUT2D eigenvalue weighted by atomic mass is 10.2. The van der Waals surface area contributed by atoms with E-state index in [9.17, 15) is 4.79 Å². The van der Waals surface area contributed by atoms with Crippen LogP contribution in [0.3, 0.4) is 0 Å². The number of ether oxygens (including phenoxy) is 1. The molecule has 0 bridgehead atoms. The zero-order valence-electron chi connectivity index (χ0n) is 13.5. The van der Waals surface area contributed by atoms with Gasteiger partial charge in [0.2, 0.25) is 11.9 Å². The van der Waals surface area contributed by atoms with Crippen LogP contribution in [0.5, 0.6) is 0 Å². The van der Waals surface area contributed by atoms with Crippen LogP contribution in [-0.4, -0.2) is 71.7 Å². The summed E-state index contributed by atoms with van der Waals surface area (Å²) in [6.07, 6.45) is 4.35. The summed E-state index contributed by atoms with van der Waals surface area (Å²) >= 11 is 0. The third-order valence-corrected chi connectivity index (χ3v) is 4.32. The maximum atomic E-state index is 11.1. The van der Waals surface area contributed by atoms with Gasteiger partial charge >= 0.3 is 0 Å². The third kappa shape index (κ3) is 3.91. The standard InChI is InChI=1S/C15H23N7O2/c16-13(23)12-3-2-11(24-12)10-20-14(17)21-6-8-22(9-7-21)15-18-4-1-5-19-15/h1,4-5,11-12H,2-3,6-10H2,(H2,16,23)(H2,17,20). The van der Waals surface area contributed by atoms with Gasteiger partial charge in [0, 0.05) is 38.6 Å². The highest BCUT2D eigenvalue weighted by atomic mass is 16.5. The van der Waals surface area contributed by atoms with Crippen LogP contribution >= 0.6 is 0 Å². The molecular formula is C15H23N7O2. The minimum absolute atomic E-state index is 0.0833. The van der Waals surface area contributed by atoms with Gasteiger partial charge in [0.15, 0.2) is 5.96 Å². The molecule has 0 aliphatic carbocycles. The van der Waals surface area contributed by atoms with E-state index in [1.165, 1.54) is 0 Å². The third-order valence-electron chi connectivity index (χ3n) is 4.32. The van der Waals surface area contributed by atoms with E-state index in [-0.39, 0.29) is 6.10 Å². The quantitative estimate of drug-likeness (QED) is 0.532. The number of carbonyl (C=O) groups is 1. The summed E-state index contributed by atoms with van der Waals surface area (Å²) in [5, 5.41) is 0. The van der Waals surface area contributed by atoms with Crippen molar-refractivity contribution in [2.24, 2.45) is 16.5 Å². The first-order valence-corrected chi connectivity index (χ1v) is 8.15. The highest BCUT2D eigenvalue weighted by Crippen LogP contribution is 2.19. The van der Waals surface area contributed by atoms with Crippen molar-refractivity contribution in [1.82, 2.24) is 14.9 Å². The molecule has 2 atom stereocenters. The van der Waals surface area contributed by atoms with E-state index in [0.29, 0.717) is 18.9 Å². The molecule has 1 amide bonds. The Hall–Kier alpha value is -2.42. The van der Waals surface area contributed by atoms with Crippen LogP contribution in [0.25, 0.3) is 0 Å². The summed E-state index contributed by atoms with van der Waals surface area (Å²) < 4.78 is 5.56. The van der Waals surface area contributed by atoms with Crippen molar-refractivity contribution in [2.45, 2.75) is 25.0 Å². The highest BCUT2D eigenvalue weighted by molar-refractivity contribution is 5.79. The number of hydrogen-bond acceptors (Lipinski definition) is 6. The Morgan fingerprint density at radius 1 is 1.21 bits per heavy atom. The molecule has 2 fully saturated rings. The monoisotopic (exact) mass is 333 g/mol. The van der Waals surface area contributed by atoms with Gasteiger partial charge < -0.3 is 26.0 Å². The van der Waals surface area contributed by atoms with Crippen LogP contribution in [0, 0.1) is 0 Å². The summed E-state index contributed by atoms with van der Waals surface area (Å²) in [6, 6.07) is 1.80. The molecule has 9 nitrogen and oxygen atoms in total. The molecule has 4 N–H and O–H groups in total. The highest BCUT2D eigenvalue weighted by Gasteiger charge is 2.29. The molecule has 0 radical (unpaired) electrons. The molecule has 24 heavy (non-hydrogen) atoms. The first-order chi connectivity index (χ1) is 11.6. The van der Waals surface area contributed by atoms with Gasteiger partial charge in [-0.05, 0) is 18.9 Å². The van der Waals surface area contributed by atoms with Crippen molar-refractivity contribution in [2.75, 3.05) is 37.6 Å². The first-order valence-electron chi connectivity index (χ1n) is 8.15. The van der Waals surface area contributed by atoms with Crippen molar-refractivity contribution in [1.29, 1.82) is 0 Å². The van der Waals surface area contributed by atoms with Crippen molar-refractivity contribution >= 4 is 17.8 Å². The Bertz CT molecular complexity index is 587. The molecule has 2 aliphatic rings. The van der Waals surface area contributed by atoms with Gasteiger partial charge in [0.25, 0.3) is 0 Å². The molecule has 3 heterocycles. The Morgan fingerprint density at radius 2 is 1.92 bits per heavy atom. The average molecular weight is 333 g/mol. The van der Waals surface area contributed by atoms with E-state index >= 15 is 0 Å². The van der Waals surface area contributed by atoms with Gasteiger partial charge in [0.05, 0.1) is 12.6 Å². The lowest BCUT2D eigenvalue weighted by Gasteiger charge is -2.35. The summed E-state index contributed by atoms with van der Waals surface area (Å²) in [7, 11) is 0. The van der Waals surface area contributed by atoms with Crippen LogP contribution in [0.2, 0.25) is 0 Å². The maximum Gasteiger partial charge on any atom is 0.246 e. The summed E-state index contributed by atoms with van der Waals surface area (Å²) in [5.74, 6) is 0.841. The summed E-state index contributed by atoms with van der Waals surface area (Å²) in [5.41, 5.74) is 11.3. The molecular weight excluding hydrogens is 310 g/mol. The Labute approximate surface area is 140 Å². The van der Waals surface area contributed by atoms with Gasteiger partial charge in [0.1, 0.15) is 6.10 Å². The molecule has 9 heteroatoms. The number of carbonyl (C=O) groups excluding carboxylic acids is 1. The van der Waals surface area contributed by atoms with Crippen LogP contribution in [-0.2, 0) is 9.53 Å². The lowest BCUT2D eigenvalue weighted by molar-refractivity contribution is -0.128. The summed E-state index contributed by atoms with van der Waals surface area (Å²) in [6.45, 7) is 3.58. The second kappa shape index (κ2) is 7.43. The predicted molar refractivity (Wildman–Crippen MR) is 89.4 cm³/mol. The fourth-order valence-corrected chi connectivity index (χ4v) is 2.93. The zero-order chi connectivity index (χ0) is 16.9. The lowest BCUT2D eigenvalue weighted by Crippen LogP contribution is -2.51. The van der Waals surface area contributed by atoms with Gasteiger partial charge in [-0.15, -0.1) is 0 Å². The molecule has 1 aromatic heterocycles. The molecule has 0 saturated carbocycles. The van der Waals surface area contributed by atoms with Gasteiger partial charge in [-0.25, -0.2) is 9.97 Å². The molecule has 1 aromatic rings. The van der Waals surface area contributed by atoms with Gasteiger partial charge in [-0.1, -0.05) is 0 Å². The molecule has 2 saturated heterocycles. The van der Waals surface area contributed by atoms with E-state index in [1.807, 2.05) is 4.90 Å². The first kappa shape index (κ1) is 16.4. The van der Waals surface area contributed by atoms with E-state index in [4.69, 9.17) is 16.2 Å². The van der Waals surface area contributed by atoms with Crippen LogP contribution in [0.1, 0.15) is 12.8 Å². The number of amides is 1. The van der Waals surface area contributed by atoms with Crippen LogP contribution < -0.4 is 16.4 Å². The fraction of sp³-hybridized carbons (Fsp3) is 0.600. The summed E-state index contributed by atoms with van der Waals surface area (Å²) in [4.78, 5) is 28.2. The number of guanidine groups is 1. The fourth-order valence-electron chi connectivity index (χ4n) is 2.93. The largest absolute Gasteiger partial charge is 0.370 e.